The van der Waals surface area contributed by atoms with Crippen molar-refractivity contribution >= 4 is 27.6 Å². The van der Waals surface area contributed by atoms with Crippen LogP contribution in [0.2, 0.25) is 0 Å². The molecule has 17 heavy (non-hydrogen) atoms. The van der Waals surface area contributed by atoms with Crippen molar-refractivity contribution in [3.8, 4) is 0 Å². The van der Waals surface area contributed by atoms with E-state index in [-0.39, 0.29) is 5.97 Å². The predicted molar refractivity (Wildman–Crippen MR) is 73.9 cm³/mol. The zero-order valence-corrected chi connectivity index (χ0v) is 11.6. The van der Waals surface area contributed by atoms with E-state index in [0.717, 1.165) is 30.4 Å². The minimum atomic E-state index is -0.245. The summed E-state index contributed by atoms with van der Waals surface area (Å²) in [4.78, 5) is 11.6. The number of ether oxygens (including phenoxy) is 1. The van der Waals surface area contributed by atoms with Gasteiger partial charge in [0.1, 0.15) is 0 Å². The number of unbranched alkanes of at least 4 members (excludes halogenated alkanes) is 1. The number of hydrogen-bond acceptors (Lipinski definition) is 3. The molecule has 1 aromatic carbocycles. The van der Waals surface area contributed by atoms with Gasteiger partial charge in [-0.2, -0.15) is 0 Å². The molecule has 0 aliphatic heterocycles. The number of carbonyl (C=O) groups is 1. The van der Waals surface area contributed by atoms with E-state index in [1.165, 1.54) is 0 Å². The summed E-state index contributed by atoms with van der Waals surface area (Å²) < 4.78 is 5.12. The first-order valence-corrected chi connectivity index (χ1v) is 6.97. The molecule has 0 aliphatic carbocycles. The molecule has 1 aromatic rings. The lowest BCUT2D eigenvalue weighted by molar-refractivity contribution is 0.0500. The van der Waals surface area contributed by atoms with Crippen LogP contribution in [-0.4, -0.2) is 24.5 Å². The predicted octanol–water partition coefficient (Wildman–Crippen LogP) is 3.45. The quantitative estimate of drug-likeness (QED) is 0.476. The average Bonchev–Trinajstić information content (AvgIpc) is 2.37. The van der Waals surface area contributed by atoms with Crippen LogP contribution in [0.5, 0.6) is 0 Å². The molecule has 0 fully saturated rings. The minimum Gasteiger partial charge on any atom is -0.462 e. The van der Waals surface area contributed by atoms with Gasteiger partial charge >= 0.3 is 5.97 Å². The van der Waals surface area contributed by atoms with Gasteiger partial charge in [0.2, 0.25) is 0 Å². The molecule has 0 aromatic heterocycles. The smallest absolute Gasteiger partial charge is 0.338 e. The first-order valence-electron chi connectivity index (χ1n) is 5.85. The SMILES string of the molecule is CCCCOC(=O)c1ccc(NCCBr)cc1. The topological polar surface area (TPSA) is 38.3 Å². The highest BCUT2D eigenvalue weighted by Crippen LogP contribution is 2.10. The number of benzene rings is 1. The van der Waals surface area contributed by atoms with E-state index in [1.54, 1.807) is 12.1 Å². The number of carbonyl (C=O) groups excluding carboxylic acids is 1. The molecule has 0 atom stereocenters. The van der Waals surface area contributed by atoms with Gasteiger partial charge in [-0.1, -0.05) is 29.3 Å². The van der Waals surface area contributed by atoms with Crippen LogP contribution in [0.4, 0.5) is 5.69 Å². The molecular formula is C13H18BrNO2. The van der Waals surface area contributed by atoms with E-state index in [1.807, 2.05) is 12.1 Å². The lowest BCUT2D eigenvalue weighted by Crippen LogP contribution is -2.07. The maximum atomic E-state index is 11.6. The third kappa shape index (κ3) is 5.22. The zero-order chi connectivity index (χ0) is 12.5. The van der Waals surface area contributed by atoms with Crippen LogP contribution in [-0.2, 0) is 4.74 Å². The van der Waals surface area contributed by atoms with Crippen molar-refractivity contribution in [2.24, 2.45) is 0 Å². The molecule has 3 nitrogen and oxygen atoms in total. The van der Waals surface area contributed by atoms with Crippen LogP contribution in [0.1, 0.15) is 30.1 Å². The molecule has 4 heteroatoms. The van der Waals surface area contributed by atoms with Gasteiger partial charge in [0.25, 0.3) is 0 Å². The molecule has 0 bridgehead atoms. The van der Waals surface area contributed by atoms with Crippen LogP contribution in [0.15, 0.2) is 24.3 Å². The molecule has 0 radical (unpaired) electrons. The number of nitrogens with one attached hydrogen (secondary N) is 1. The molecule has 1 rings (SSSR count). The molecule has 0 spiro atoms. The number of rotatable bonds is 7. The highest BCUT2D eigenvalue weighted by molar-refractivity contribution is 9.09. The lowest BCUT2D eigenvalue weighted by Gasteiger charge is -2.06. The van der Waals surface area contributed by atoms with Crippen molar-refractivity contribution in [1.82, 2.24) is 0 Å². The second-order valence-electron chi connectivity index (χ2n) is 3.68. The fourth-order valence-corrected chi connectivity index (χ4v) is 1.51. The van der Waals surface area contributed by atoms with E-state index in [4.69, 9.17) is 4.74 Å². The molecule has 0 heterocycles. The summed E-state index contributed by atoms with van der Waals surface area (Å²) in [6.07, 6.45) is 1.94. The van der Waals surface area contributed by atoms with E-state index in [9.17, 15) is 4.79 Å². The van der Waals surface area contributed by atoms with Gasteiger partial charge in [-0.05, 0) is 30.7 Å². The van der Waals surface area contributed by atoms with Gasteiger partial charge < -0.3 is 10.1 Å². The number of anilines is 1. The van der Waals surface area contributed by atoms with E-state index in [2.05, 4.69) is 28.2 Å². The van der Waals surface area contributed by atoms with E-state index < -0.39 is 0 Å². The Balaban J connectivity index is 2.46. The molecule has 0 saturated carbocycles. The molecule has 94 valence electrons. The number of esters is 1. The summed E-state index contributed by atoms with van der Waals surface area (Å²) >= 11 is 3.34. The van der Waals surface area contributed by atoms with Crippen molar-refractivity contribution in [2.75, 3.05) is 23.8 Å². The van der Waals surface area contributed by atoms with Crippen molar-refractivity contribution in [3.63, 3.8) is 0 Å². The average molecular weight is 300 g/mol. The fourth-order valence-electron chi connectivity index (χ4n) is 1.31. The van der Waals surface area contributed by atoms with Gasteiger partial charge in [0.05, 0.1) is 12.2 Å². The summed E-state index contributed by atoms with van der Waals surface area (Å²) in [5.74, 6) is -0.245. The standard InChI is InChI=1S/C13H18BrNO2/c1-2-3-10-17-13(16)11-4-6-12(7-5-11)15-9-8-14/h4-7,15H,2-3,8-10H2,1H3. The Bertz CT molecular complexity index is 338. The monoisotopic (exact) mass is 299 g/mol. The third-order valence-electron chi connectivity index (χ3n) is 2.28. The van der Waals surface area contributed by atoms with Crippen LogP contribution in [0.25, 0.3) is 0 Å². The lowest BCUT2D eigenvalue weighted by atomic mass is 10.2. The Morgan fingerprint density at radius 3 is 2.65 bits per heavy atom. The third-order valence-corrected chi connectivity index (χ3v) is 2.67. The highest BCUT2D eigenvalue weighted by Gasteiger charge is 2.05. The molecular weight excluding hydrogens is 282 g/mol. The van der Waals surface area contributed by atoms with Crippen LogP contribution in [0, 0.1) is 0 Å². The zero-order valence-electron chi connectivity index (χ0n) is 10.0. The van der Waals surface area contributed by atoms with Crippen molar-refractivity contribution in [3.05, 3.63) is 29.8 Å². The molecule has 1 N–H and O–H groups in total. The maximum Gasteiger partial charge on any atom is 0.338 e. The maximum absolute atomic E-state index is 11.6. The first-order chi connectivity index (χ1) is 8.27. The van der Waals surface area contributed by atoms with Crippen LogP contribution < -0.4 is 5.32 Å². The summed E-state index contributed by atoms with van der Waals surface area (Å²) in [5.41, 5.74) is 1.61. The molecule has 0 saturated heterocycles. The van der Waals surface area contributed by atoms with Gasteiger partial charge in [0, 0.05) is 17.6 Å². The Morgan fingerprint density at radius 1 is 1.35 bits per heavy atom. The van der Waals surface area contributed by atoms with Crippen molar-refractivity contribution in [2.45, 2.75) is 19.8 Å². The van der Waals surface area contributed by atoms with E-state index in [0.29, 0.717) is 12.2 Å². The van der Waals surface area contributed by atoms with Gasteiger partial charge in [-0.25, -0.2) is 4.79 Å². The van der Waals surface area contributed by atoms with Gasteiger partial charge in [-0.15, -0.1) is 0 Å². The van der Waals surface area contributed by atoms with Crippen LogP contribution >= 0.6 is 15.9 Å². The van der Waals surface area contributed by atoms with Crippen LogP contribution in [0.3, 0.4) is 0 Å². The summed E-state index contributed by atoms with van der Waals surface area (Å²) in [5, 5.41) is 4.11. The van der Waals surface area contributed by atoms with E-state index >= 15 is 0 Å². The number of alkyl halides is 1. The van der Waals surface area contributed by atoms with Crippen molar-refractivity contribution < 1.29 is 9.53 Å². The van der Waals surface area contributed by atoms with Gasteiger partial charge in [-0.3, -0.25) is 0 Å². The molecule has 0 unspecified atom stereocenters. The molecule has 0 aliphatic rings. The highest BCUT2D eigenvalue weighted by atomic mass is 79.9. The first kappa shape index (κ1) is 14.0. The van der Waals surface area contributed by atoms with Crippen molar-refractivity contribution in [1.29, 1.82) is 0 Å². The Labute approximate surface area is 111 Å². The summed E-state index contributed by atoms with van der Waals surface area (Å²) in [6, 6.07) is 7.34. The largest absolute Gasteiger partial charge is 0.462 e. The minimum absolute atomic E-state index is 0.245. The summed E-state index contributed by atoms with van der Waals surface area (Å²) in [6.45, 7) is 3.43. The Morgan fingerprint density at radius 2 is 2.06 bits per heavy atom. The molecule has 0 amide bonds. The normalized spacial score (nSPS) is 10.0. The second-order valence-corrected chi connectivity index (χ2v) is 4.48. The number of hydrogen-bond donors (Lipinski definition) is 1. The summed E-state index contributed by atoms with van der Waals surface area (Å²) in [7, 11) is 0. The number of halogens is 1. The van der Waals surface area contributed by atoms with Gasteiger partial charge in [0.15, 0.2) is 0 Å². The second kappa shape index (κ2) is 8.12. The Hall–Kier alpha value is -1.03. The Kier molecular flexibility index (Phi) is 6.70. The fraction of sp³-hybridized carbons (Fsp3) is 0.462.